The van der Waals surface area contributed by atoms with Crippen LogP contribution >= 0.6 is 0 Å². The van der Waals surface area contributed by atoms with Crippen molar-refractivity contribution in [1.29, 1.82) is 0 Å². The van der Waals surface area contributed by atoms with Crippen LogP contribution < -0.4 is 11.1 Å². The van der Waals surface area contributed by atoms with Gasteiger partial charge in [0.25, 0.3) is 0 Å². The maximum absolute atomic E-state index is 11.9. The zero-order valence-electron chi connectivity index (χ0n) is 12.7. The number of rotatable bonds is 6. The average molecular weight is 310 g/mol. The molecular formula is C16H26N2O2S. The highest BCUT2D eigenvalue weighted by Crippen LogP contribution is 2.24. The lowest BCUT2D eigenvalue weighted by molar-refractivity contribution is 0.339. The molecule has 0 bridgehead atoms. The summed E-state index contributed by atoms with van der Waals surface area (Å²) in [5, 5.41) is 3.40. The summed E-state index contributed by atoms with van der Waals surface area (Å²) < 4.78 is 23.9. The van der Waals surface area contributed by atoms with Crippen molar-refractivity contribution in [2.45, 2.75) is 50.0 Å². The van der Waals surface area contributed by atoms with Crippen LogP contribution in [0.15, 0.2) is 29.2 Å². The first-order valence-electron chi connectivity index (χ1n) is 7.83. The molecule has 21 heavy (non-hydrogen) atoms. The van der Waals surface area contributed by atoms with E-state index in [2.05, 4.69) is 5.32 Å². The third kappa shape index (κ3) is 4.71. The smallest absolute Gasteiger partial charge is 0.178 e. The van der Waals surface area contributed by atoms with Gasteiger partial charge in [-0.1, -0.05) is 6.92 Å². The maximum atomic E-state index is 11.9. The molecule has 118 valence electrons. The van der Waals surface area contributed by atoms with Crippen molar-refractivity contribution >= 4 is 15.5 Å². The van der Waals surface area contributed by atoms with Crippen molar-refractivity contribution in [1.82, 2.24) is 0 Å². The molecule has 3 N–H and O–H groups in total. The fourth-order valence-corrected chi connectivity index (χ4v) is 4.15. The minimum absolute atomic E-state index is 0.210. The molecule has 1 saturated carbocycles. The van der Waals surface area contributed by atoms with Crippen LogP contribution in [0.4, 0.5) is 5.69 Å². The minimum atomic E-state index is -3.11. The largest absolute Gasteiger partial charge is 0.385 e. The van der Waals surface area contributed by atoms with Crippen LogP contribution in [0.1, 0.15) is 39.0 Å². The molecule has 1 aliphatic rings. The van der Waals surface area contributed by atoms with Crippen molar-refractivity contribution in [3.05, 3.63) is 24.3 Å². The Morgan fingerprint density at radius 3 is 2.33 bits per heavy atom. The summed E-state index contributed by atoms with van der Waals surface area (Å²) in [7, 11) is -3.11. The quantitative estimate of drug-likeness (QED) is 0.847. The molecule has 1 fully saturated rings. The van der Waals surface area contributed by atoms with Crippen LogP contribution in [0.5, 0.6) is 0 Å². The molecule has 0 radical (unpaired) electrons. The van der Waals surface area contributed by atoms with Gasteiger partial charge in [0.05, 0.1) is 10.6 Å². The van der Waals surface area contributed by atoms with E-state index in [-0.39, 0.29) is 5.75 Å². The topological polar surface area (TPSA) is 72.2 Å². The lowest BCUT2D eigenvalue weighted by Crippen LogP contribution is -2.29. The number of hydrogen-bond acceptors (Lipinski definition) is 4. The summed E-state index contributed by atoms with van der Waals surface area (Å²) in [4.78, 5) is 0.415. The molecule has 0 atom stereocenters. The molecule has 1 aliphatic carbocycles. The molecule has 5 heteroatoms. The highest BCUT2D eigenvalue weighted by molar-refractivity contribution is 7.91. The normalized spacial score (nSPS) is 23.0. The summed E-state index contributed by atoms with van der Waals surface area (Å²) in [6.07, 6.45) is 5.22. The first kappa shape index (κ1) is 16.3. The molecule has 2 rings (SSSR count). The standard InChI is InChI=1S/C16H26N2O2S/c1-2-11-21(19,20)16-9-7-15(8-10-16)18-12-13-3-5-14(17)6-4-13/h7-10,13-14,18H,2-6,11-12,17H2,1H3. The molecular weight excluding hydrogens is 284 g/mol. The van der Waals surface area contributed by atoms with Crippen molar-refractivity contribution in [2.75, 3.05) is 17.6 Å². The third-order valence-electron chi connectivity index (χ3n) is 4.17. The fourth-order valence-electron chi connectivity index (χ4n) is 2.82. The van der Waals surface area contributed by atoms with Crippen LogP contribution in [0, 0.1) is 5.92 Å². The molecule has 1 aromatic rings. The van der Waals surface area contributed by atoms with Crippen LogP contribution in [0.3, 0.4) is 0 Å². The molecule has 0 unspecified atom stereocenters. The van der Waals surface area contributed by atoms with Crippen molar-refractivity contribution in [3.8, 4) is 0 Å². The van der Waals surface area contributed by atoms with Gasteiger partial charge in [0, 0.05) is 18.3 Å². The lowest BCUT2D eigenvalue weighted by Gasteiger charge is -2.26. The molecule has 0 spiro atoms. The number of nitrogens with two attached hydrogens (primary N) is 1. The van der Waals surface area contributed by atoms with Gasteiger partial charge in [-0.05, 0) is 62.3 Å². The van der Waals surface area contributed by atoms with Gasteiger partial charge in [-0.15, -0.1) is 0 Å². The Hall–Kier alpha value is -1.07. The Bertz CT molecular complexity index is 532. The van der Waals surface area contributed by atoms with Gasteiger partial charge in [-0.2, -0.15) is 0 Å². The second-order valence-corrected chi connectivity index (χ2v) is 8.11. The Labute approximate surface area is 128 Å². The van der Waals surface area contributed by atoms with Crippen molar-refractivity contribution in [2.24, 2.45) is 11.7 Å². The maximum Gasteiger partial charge on any atom is 0.178 e. The van der Waals surface area contributed by atoms with E-state index in [1.54, 1.807) is 12.1 Å². The third-order valence-corrected chi connectivity index (χ3v) is 6.11. The van der Waals surface area contributed by atoms with Gasteiger partial charge >= 0.3 is 0 Å². The van der Waals surface area contributed by atoms with Crippen LogP contribution in [0.25, 0.3) is 0 Å². The number of hydrogen-bond donors (Lipinski definition) is 2. The van der Waals surface area contributed by atoms with Crippen LogP contribution in [0.2, 0.25) is 0 Å². The highest BCUT2D eigenvalue weighted by atomic mass is 32.2. The highest BCUT2D eigenvalue weighted by Gasteiger charge is 2.18. The summed E-state index contributed by atoms with van der Waals surface area (Å²) >= 11 is 0. The van der Waals surface area contributed by atoms with E-state index in [0.29, 0.717) is 23.3 Å². The molecule has 0 aromatic heterocycles. The van der Waals surface area contributed by atoms with Gasteiger partial charge in [0.2, 0.25) is 0 Å². The fraction of sp³-hybridized carbons (Fsp3) is 0.625. The van der Waals surface area contributed by atoms with E-state index in [0.717, 1.165) is 25.1 Å². The number of nitrogens with one attached hydrogen (secondary N) is 1. The summed E-state index contributed by atoms with van der Waals surface area (Å²) in [6.45, 7) is 2.82. The van der Waals surface area contributed by atoms with E-state index in [1.165, 1.54) is 12.8 Å². The zero-order chi connectivity index (χ0) is 15.3. The molecule has 0 heterocycles. The average Bonchev–Trinajstić information content (AvgIpc) is 2.47. The van der Waals surface area contributed by atoms with Gasteiger partial charge in [-0.3, -0.25) is 0 Å². The van der Waals surface area contributed by atoms with Crippen LogP contribution in [-0.2, 0) is 9.84 Å². The predicted octanol–water partition coefficient (Wildman–Crippen LogP) is 2.80. The van der Waals surface area contributed by atoms with Gasteiger partial charge < -0.3 is 11.1 Å². The monoisotopic (exact) mass is 310 g/mol. The molecule has 0 aliphatic heterocycles. The minimum Gasteiger partial charge on any atom is -0.385 e. The van der Waals surface area contributed by atoms with E-state index < -0.39 is 9.84 Å². The lowest BCUT2D eigenvalue weighted by atomic mass is 9.86. The number of benzene rings is 1. The van der Waals surface area contributed by atoms with Crippen molar-refractivity contribution in [3.63, 3.8) is 0 Å². The molecule has 0 amide bonds. The Kier molecular flexibility index (Phi) is 5.65. The number of anilines is 1. The van der Waals surface area contributed by atoms with E-state index >= 15 is 0 Å². The van der Waals surface area contributed by atoms with Gasteiger partial charge in [0.15, 0.2) is 9.84 Å². The van der Waals surface area contributed by atoms with E-state index in [1.807, 2.05) is 19.1 Å². The Morgan fingerprint density at radius 1 is 1.14 bits per heavy atom. The summed E-state index contributed by atoms with van der Waals surface area (Å²) in [6, 6.07) is 7.49. The Balaban J connectivity index is 1.88. The zero-order valence-corrected chi connectivity index (χ0v) is 13.5. The first-order chi connectivity index (χ1) is 10.0. The predicted molar refractivity (Wildman–Crippen MR) is 87.2 cm³/mol. The SMILES string of the molecule is CCCS(=O)(=O)c1ccc(NCC2CCC(N)CC2)cc1. The summed E-state index contributed by atoms with van der Waals surface area (Å²) in [5.74, 6) is 0.885. The van der Waals surface area contributed by atoms with Crippen LogP contribution in [-0.4, -0.2) is 26.8 Å². The van der Waals surface area contributed by atoms with E-state index in [9.17, 15) is 8.42 Å². The van der Waals surface area contributed by atoms with E-state index in [4.69, 9.17) is 5.73 Å². The second-order valence-electron chi connectivity index (χ2n) is 6.00. The molecule has 0 saturated heterocycles. The van der Waals surface area contributed by atoms with Gasteiger partial charge in [0.1, 0.15) is 0 Å². The first-order valence-corrected chi connectivity index (χ1v) is 9.49. The molecule has 4 nitrogen and oxygen atoms in total. The second kappa shape index (κ2) is 7.27. The number of sulfone groups is 1. The van der Waals surface area contributed by atoms with Gasteiger partial charge in [-0.25, -0.2) is 8.42 Å². The Morgan fingerprint density at radius 2 is 1.76 bits per heavy atom. The molecule has 1 aromatic carbocycles. The summed E-state index contributed by atoms with van der Waals surface area (Å²) in [5.41, 5.74) is 6.90. The van der Waals surface area contributed by atoms with Crippen molar-refractivity contribution < 1.29 is 8.42 Å².